The maximum Gasteiger partial charge on any atom is 0.343 e. The Hall–Kier alpha value is -2.00. The van der Waals surface area contributed by atoms with E-state index < -0.39 is 34.1 Å². The predicted molar refractivity (Wildman–Crippen MR) is 84.0 cm³/mol. The lowest BCUT2D eigenvalue weighted by atomic mass is 10.1. The molecule has 1 heterocycles. The summed E-state index contributed by atoms with van der Waals surface area (Å²) in [6.45, 7) is 2.88. The fourth-order valence-electron chi connectivity index (χ4n) is 2.56. The van der Waals surface area contributed by atoms with Crippen molar-refractivity contribution < 1.29 is 27.5 Å². The third-order valence-corrected chi connectivity index (χ3v) is 5.52. The van der Waals surface area contributed by atoms with Gasteiger partial charge < -0.3 is 10.0 Å². The maximum absolute atomic E-state index is 14.1. The van der Waals surface area contributed by atoms with Crippen molar-refractivity contribution in [3.8, 4) is 0 Å². The summed E-state index contributed by atoms with van der Waals surface area (Å²) in [5.41, 5.74) is -1.82. The van der Waals surface area contributed by atoms with Crippen LogP contribution >= 0.6 is 0 Å². The summed E-state index contributed by atoms with van der Waals surface area (Å²) in [7, 11) is -3.73. The number of carbonyl (C=O) groups is 2. The molecular formula is C15H19FN2O5S. The third kappa shape index (κ3) is 3.41. The molecule has 0 spiro atoms. The Morgan fingerprint density at radius 3 is 2.62 bits per heavy atom. The molecule has 2 N–H and O–H groups in total. The van der Waals surface area contributed by atoms with Gasteiger partial charge in [0.15, 0.2) is 0 Å². The normalized spacial score (nSPS) is 21.0. The molecule has 1 saturated heterocycles. The molecule has 0 bridgehead atoms. The van der Waals surface area contributed by atoms with E-state index in [1.165, 1.54) is 18.2 Å². The Balaban J connectivity index is 2.32. The number of nitrogens with zero attached hydrogens (tertiary/aromatic N) is 1. The Bertz CT molecular complexity index is 780. The van der Waals surface area contributed by atoms with Crippen LogP contribution < -0.4 is 4.72 Å². The van der Waals surface area contributed by atoms with Crippen molar-refractivity contribution in [2.45, 2.75) is 30.8 Å². The summed E-state index contributed by atoms with van der Waals surface area (Å²) >= 11 is 0. The molecule has 0 radical (unpaired) electrons. The second kappa shape index (κ2) is 6.48. The van der Waals surface area contributed by atoms with Gasteiger partial charge in [0.1, 0.15) is 0 Å². The van der Waals surface area contributed by atoms with E-state index in [0.717, 1.165) is 4.90 Å². The number of sulfonamides is 1. The number of likely N-dealkylation sites (tertiary alicyclic amines) is 1. The number of carbonyl (C=O) groups excluding carboxylic acids is 1. The van der Waals surface area contributed by atoms with Crippen molar-refractivity contribution in [1.82, 2.24) is 9.62 Å². The first-order valence-electron chi connectivity index (χ1n) is 7.42. The number of rotatable bonds is 5. The van der Waals surface area contributed by atoms with E-state index in [1.807, 2.05) is 0 Å². The van der Waals surface area contributed by atoms with Crippen LogP contribution in [0.25, 0.3) is 0 Å². The van der Waals surface area contributed by atoms with E-state index in [4.69, 9.17) is 5.11 Å². The molecule has 1 amide bonds. The lowest BCUT2D eigenvalue weighted by Crippen LogP contribution is -2.39. The first kappa shape index (κ1) is 18.3. The summed E-state index contributed by atoms with van der Waals surface area (Å²) < 4.78 is 40.6. The van der Waals surface area contributed by atoms with Crippen LogP contribution in [0.15, 0.2) is 23.1 Å². The molecule has 1 aliphatic heterocycles. The van der Waals surface area contributed by atoms with E-state index in [-0.39, 0.29) is 30.0 Å². The van der Waals surface area contributed by atoms with Gasteiger partial charge in [0.2, 0.25) is 15.7 Å². The molecule has 1 aromatic carbocycles. The zero-order valence-corrected chi connectivity index (χ0v) is 14.2. The van der Waals surface area contributed by atoms with E-state index in [2.05, 4.69) is 4.72 Å². The lowest BCUT2D eigenvalue weighted by molar-refractivity contribution is -0.149. The van der Waals surface area contributed by atoms with Gasteiger partial charge in [-0.1, -0.05) is 13.0 Å². The van der Waals surface area contributed by atoms with Crippen LogP contribution in [0.4, 0.5) is 4.39 Å². The standard InChI is InChI=1S/C15H19FN2O5S/c1-3-17-24(22,23)11-5-4-10(2)12(8-11)13(19)18-7-6-15(16,9-18)14(20)21/h4-5,8,17H,3,6-7,9H2,1-2H3,(H,20,21). The third-order valence-electron chi connectivity index (χ3n) is 3.97. The number of hydrogen-bond acceptors (Lipinski definition) is 4. The number of aryl methyl sites for hydroxylation is 1. The lowest BCUT2D eigenvalue weighted by Gasteiger charge is -2.19. The van der Waals surface area contributed by atoms with Crippen LogP contribution in [0.2, 0.25) is 0 Å². The molecule has 2 rings (SSSR count). The first-order valence-corrected chi connectivity index (χ1v) is 8.91. The molecule has 9 heteroatoms. The minimum Gasteiger partial charge on any atom is -0.479 e. The van der Waals surface area contributed by atoms with E-state index in [9.17, 15) is 22.4 Å². The number of aliphatic carboxylic acids is 1. The van der Waals surface area contributed by atoms with Gasteiger partial charge >= 0.3 is 5.97 Å². The van der Waals surface area contributed by atoms with Crippen molar-refractivity contribution in [2.24, 2.45) is 0 Å². The van der Waals surface area contributed by atoms with E-state index >= 15 is 0 Å². The van der Waals surface area contributed by atoms with Gasteiger partial charge in [-0.3, -0.25) is 4.79 Å². The molecule has 1 unspecified atom stereocenters. The van der Waals surface area contributed by atoms with Crippen LogP contribution in [-0.2, 0) is 14.8 Å². The fraction of sp³-hybridized carbons (Fsp3) is 0.467. The number of carboxylic acids is 1. The molecular weight excluding hydrogens is 339 g/mol. The van der Waals surface area contributed by atoms with Crippen LogP contribution in [0, 0.1) is 6.92 Å². The van der Waals surface area contributed by atoms with Crippen molar-refractivity contribution in [3.63, 3.8) is 0 Å². The maximum atomic E-state index is 14.1. The number of nitrogens with one attached hydrogen (secondary N) is 1. The van der Waals surface area contributed by atoms with Crippen molar-refractivity contribution in [3.05, 3.63) is 29.3 Å². The number of amides is 1. The van der Waals surface area contributed by atoms with Gasteiger partial charge in [-0.15, -0.1) is 0 Å². The average molecular weight is 358 g/mol. The highest BCUT2D eigenvalue weighted by atomic mass is 32.2. The minimum absolute atomic E-state index is 0.0364. The van der Waals surface area contributed by atoms with Gasteiger partial charge in [0, 0.05) is 25.1 Å². The number of halogens is 1. The highest BCUT2D eigenvalue weighted by Crippen LogP contribution is 2.28. The predicted octanol–water partition coefficient (Wildman–Crippen LogP) is 0.932. The summed E-state index contributed by atoms with van der Waals surface area (Å²) in [6, 6.07) is 4.10. The Morgan fingerprint density at radius 2 is 2.08 bits per heavy atom. The van der Waals surface area contributed by atoms with E-state index in [0.29, 0.717) is 5.56 Å². The SMILES string of the molecule is CCNS(=O)(=O)c1ccc(C)c(C(=O)N2CCC(F)(C(=O)O)C2)c1. The molecule has 0 aliphatic carbocycles. The highest BCUT2D eigenvalue weighted by molar-refractivity contribution is 7.89. The van der Waals surface area contributed by atoms with Crippen LogP contribution in [0.1, 0.15) is 29.3 Å². The fourth-order valence-corrected chi connectivity index (χ4v) is 3.63. The van der Waals surface area contributed by atoms with Crippen molar-refractivity contribution >= 4 is 21.9 Å². The van der Waals surface area contributed by atoms with Gasteiger partial charge in [0.25, 0.3) is 5.91 Å². The van der Waals surface area contributed by atoms with Crippen LogP contribution in [0.5, 0.6) is 0 Å². The van der Waals surface area contributed by atoms with Gasteiger partial charge in [-0.05, 0) is 24.6 Å². The van der Waals surface area contributed by atoms with Gasteiger partial charge in [0.05, 0.1) is 11.4 Å². The van der Waals surface area contributed by atoms with Crippen LogP contribution in [-0.4, -0.2) is 55.6 Å². The number of alkyl halides is 1. The largest absolute Gasteiger partial charge is 0.479 e. The number of carboxylic acid groups (broad SMARTS) is 1. The summed E-state index contributed by atoms with van der Waals surface area (Å²) in [6.07, 6.45) is -0.289. The molecule has 1 atom stereocenters. The second-order valence-corrected chi connectivity index (χ2v) is 7.49. The molecule has 132 valence electrons. The van der Waals surface area contributed by atoms with Crippen LogP contribution in [0.3, 0.4) is 0 Å². The summed E-state index contributed by atoms with van der Waals surface area (Å²) in [5, 5.41) is 8.91. The highest BCUT2D eigenvalue weighted by Gasteiger charge is 2.47. The van der Waals surface area contributed by atoms with Crippen molar-refractivity contribution in [1.29, 1.82) is 0 Å². The smallest absolute Gasteiger partial charge is 0.343 e. The molecule has 1 aromatic rings. The average Bonchev–Trinajstić information content (AvgIpc) is 2.91. The molecule has 7 nitrogen and oxygen atoms in total. The molecule has 0 aromatic heterocycles. The summed E-state index contributed by atoms with van der Waals surface area (Å²) in [5.74, 6) is -2.18. The molecule has 24 heavy (non-hydrogen) atoms. The first-order chi connectivity index (χ1) is 11.1. The topological polar surface area (TPSA) is 104 Å². The Labute approximate surface area is 139 Å². The molecule has 1 aliphatic rings. The quantitative estimate of drug-likeness (QED) is 0.815. The Kier molecular flexibility index (Phi) is 4.95. The molecule has 0 saturated carbocycles. The Morgan fingerprint density at radius 1 is 1.42 bits per heavy atom. The minimum atomic E-state index is -3.73. The molecule has 1 fully saturated rings. The van der Waals surface area contributed by atoms with Gasteiger partial charge in [-0.25, -0.2) is 22.3 Å². The zero-order valence-electron chi connectivity index (χ0n) is 13.4. The summed E-state index contributed by atoms with van der Waals surface area (Å²) in [4.78, 5) is 24.5. The monoisotopic (exact) mass is 358 g/mol. The zero-order chi connectivity index (χ0) is 18.1. The number of hydrogen-bond donors (Lipinski definition) is 2. The van der Waals surface area contributed by atoms with Crippen molar-refractivity contribution in [2.75, 3.05) is 19.6 Å². The second-order valence-electron chi connectivity index (χ2n) is 5.73. The number of benzene rings is 1. The van der Waals surface area contributed by atoms with E-state index in [1.54, 1.807) is 13.8 Å². The van der Waals surface area contributed by atoms with Gasteiger partial charge in [-0.2, -0.15) is 0 Å².